The lowest BCUT2D eigenvalue weighted by molar-refractivity contribution is 0.0909. The van der Waals surface area contributed by atoms with Crippen LogP contribution in [-0.4, -0.2) is 31.1 Å². The van der Waals surface area contributed by atoms with Crippen LogP contribution in [0.25, 0.3) is 0 Å². The van der Waals surface area contributed by atoms with Gasteiger partial charge in [-0.2, -0.15) is 0 Å². The zero-order chi connectivity index (χ0) is 11.5. The standard InChI is InChI=1S/C15H22N2/c1-2-4-13(5-3-1)11-17-9-7-14-6-8-16-10-15(14)12-17/h1-5,14-16H,6-12H2/t14-,15-/m1/s1. The Kier molecular flexibility index (Phi) is 3.44. The van der Waals surface area contributed by atoms with Gasteiger partial charge in [0.2, 0.25) is 0 Å². The molecule has 92 valence electrons. The molecule has 2 aliphatic heterocycles. The van der Waals surface area contributed by atoms with E-state index in [1.807, 2.05) is 0 Å². The third-order valence-electron chi connectivity index (χ3n) is 4.32. The van der Waals surface area contributed by atoms with Gasteiger partial charge in [-0.25, -0.2) is 0 Å². The first-order valence-corrected chi connectivity index (χ1v) is 6.89. The van der Waals surface area contributed by atoms with Crippen LogP contribution in [0.3, 0.4) is 0 Å². The van der Waals surface area contributed by atoms with Crippen molar-refractivity contribution in [3.63, 3.8) is 0 Å². The lowest BCUT2D eigenvalue weighted by atomic mass is 9.81. The molecule has 0 aromatic heterocycles. The summed E-state index contributed by atoms with van der Waals surface area (Å²) in [6.07, 6.45) is 2.79. The van der Waals surface area contributed by atoms with Crippen LogP contribution < -0.4 is 5.32 Å². The highest BCUT2D eigenvalue weighted by Crippen LogP contribution is 2.28. The molecule has 1 aromatic carbocycles. The van der Waals surface area contributed by atoms with Gasteiger partial charge in [-0.1, -0.05) is 30.3 Å². The van der Waals surface area contributed by atoms with Crippen LogP contribution in [0.1, 0.15) is 18.4 Å². The smallest absolute Gasteiger partial charge is 0.0233 e. The van der Waals surface area contributed by atoms with E-state index in [1.54, 1.807) is 0 Å². The van der Waals surface area contributed by atoms with Gasteiger partial charge in [0.15, 0.2) is 0 Å². The summed E-state index contributed by atoms with van der Waals surface area (Å²) < 4.78 is 0. The predicted molar refractivity (Wildman–Crippen MR) is 70.8 cm³/mol. The monoisotopic (exact) mass is 230 g/mol. The van der Waals surface area contributed by atoms with E-state index in [4.69, 9.17) is 0 Å². The summed E-state index contributed by atoms with van der Waals surface area (Å²) in [5, 5.41) is 3.54. The number of rotatable bonds is 2. The van der Waals surface area contributed by atoms with Crippen LogP contribution in [0.5, 0.6) is 0 Å². The molecule has 0 aliphatic carbocycles. The molecule has 2 heterocycles. The van der Waals surface area contributed by atoms with Crippen molar-refractivity contribution in [2.24, 2.45) is 11.8 Å². The van der Waals surface area contributed by atoms with E-state index in [2.05, 4.69) is 40.5 Å². The fourth-order valence-corrected chi connectivity index (χ4v) is 3.33. The van der Waals surface area contributed by atoms with Crippen LogP contribution >= 0.6 is 0 Å². The fraction of sp³-hybridized carbons (Fsp3) is 0.600. The topological polar surface area (TPSA) is 15.3 Å². The van der Waals surface area contributed by atoms with Gasteiger partial charge in [0, 0.05) is 13.1 Å². The summed E-state index contributed by atoms with van der Waals surface area (Å²) in [6.45, 7) is 6.17. The normalized spacial score (nSPS) is 29.9. The minimum absolute atomic E-state index is 0.890. The number of fused-ring (bicyclic) bond motifs is 1. The molecule has 0 unspecified atom stereocenters. The largest absolute Gasteiger partial charge is 0.316 e. The molecule has 0 amide bonds. The number of nitrogens with one attached hydrogen (secondary N) is 1. The second-order valence-electron chi connectivity index (χ2n) is 5.52. The van der Waals surface area contributed by atoms with E-state index in [1.165, 1.54) is 44.6 Å². The molecule has 17 heavy (non-hydrogen) atoms. The van der Waals surface area contributed by atoms with Crippen LogP contribution in [0.2, 0.25) is 0 Å². The number of hydrogen-bond acceptors (Lipinski definition) is 2. The Morgan fingerprint density at radius 2 is 2.00 bits per heavy atom. The summed E-state index contributed by atoms with van der Waals surface area (Å²) in [4.78, 5) is 2.63. The van der Waals surface area contributed by atoms with Crippen molar-refractivity contribution in [2.75, 3.05) is 26.2 Å². The Bertz CT molecular complexity index is 349. The first-order valence-electron chi connectivity index (χ1n) is 6.89. The Morgan fingerprint density at radius 1 is 1.12 bits per heavy atom. The maximum absolute atomic E-state index is 3.54. The molecule has 2 atom stereocenters. The summed E-state index contributed by atoms with van der Waals surface area (Å²) in [6, 6.07) is 10.9. The van der Waals surface area contributed by atoms with E-state index in [0.717, 1.165) is 18.4 Å². The van der Waals surface area contributed by atoms with Crippen LogP contribution in [0.4, 0.5) is 0 Å². The number of hydrogen-bond donors (Lipinski definition) is 1. The number of piperidine rings is 2. The molecular weight excluding hydrogens is 208 g/mol. The van der Waals surface area contributed by atoms with Gasteiger partial charge in [0.1, 0.15) is 0 Å². The molecule has 1 N–H and O–H groups in total. The maximum atomic E-state index is 3.54. The van der Waals surface area contributed by atoms with Gasteiger partial charge in [-0.3, -0.25) is 4.90 Å². The van der Waals surface area contributed by atoms with Crippen molar-refractivity contribution in [3.05, 3.63) is 35.9 Å². The van der Waals surface area contributed by atoms with E-state index in [0.29, 0.717) is 0 Å². The zero-order valence-corrected chi connectivity index (χ0v) is 10.4. The van der Waals surface area contributed by atoms with Crippen molar-refractivity contribution in [3.8, 4) is 0 Å². The van der Waals surface area contributed by atoms with E-state index >= 15 is 0 Å². The van der Waals surface area contributed by atoms with Gasteiger partial charge in [-0.05, 0) is 49.9 Å². The fourth-order valence-electron chi connectivity index (χ4n) is 3.33. The molecule has 0 radical (unpaired) electrons. The second-order valence-corrected chi connectivity index (χ2v) is 5.52. The molecule has 0 saturated carbocycles. The highest BCUT2D eigenvalue weighted by molar-refractivity contribution is 5.14. The average molecular weight is 230 g/mol. The zero-order valence-electron chi connectivity index (χ0n) is 10.4. The number of benzene rings is 1. The lowest BCUT2D eigenvalue weighted by Gasteiger charge is -2.41. The number of nitrogens with zero attached hydrogens (tertiary/aromatic N) is 1. The highest BCUT2D eigenvalue weighted by atomic mass is 15.1. The molecule has 1 aromatic rings. The third-order valence-corrected chi connectivity index (χ3v) is 4.32. The van der Waals surface area contributed by atoms with Crippen molar-refractivity contribution in [2.45, 2.75) is 19.4 Å². The van der Waals surface area contributed by atoms with Gasteiger partial charge < -0.3 is 5.32 Å². The maximum Gasteiger partial charge on any atom is 0.0233 e. The molecule has 2 heteroatoms. The van der Waals surface area contributed by atoms with Gasteiger partial charge in [0.05, 0.1) is 0 Å². The van der Waals surface area contributed by atoms with Crippen LogP contribution in [0, 0.1) is 11.8 Å². The summed E-state index contributed by atoms with van der Waals surface area (Å²) in [7, 11) is 0. The third kappa shape index (κ3) is 2.70. The van der Waals surface area contributed by atoms with Crippen molar-refractivity contribution in [1.29, 1.82) is 0 Å². The first kappa shape index (κ1) is 11.2. The lowest BCUT2D eigenvalue weighted by Crippen LogP contribution is -2.48. The van der Waals surface area contributed by atoms with E-state index in [9.17, 15) is 0 Å². The molecule has 2 nitrogen and oxygen atoms in total. The minimum atomic E-state index is 0.890. The molecule has 2 fully saturated rings. The van der Waals surface area contributed by atoms with E-state index < -0.39 is 0 Å². The minimum Gasteiger partial charge on any atom is -0.316 e. The van der Waals surface area contributed by atoms with Crippen molar-refractivity contribution < 1.29 is 0 Å². The molecule has 2 aliphatic rings. The van der Waals surface area contributed by atoms with Crippen molar-refractivity contribution >= 4 is 0 Å². The predicted octanol–water partition coefficient (Wildman–Crippen LogP) is 2.12. The molecular formula is C15H22N2. The quantitative estimate of drug-likeness (QED) is 0.837. The van der Waals surface area contributed by atoms with Gasteiger partial charge in [0.25, 0.3) is 0 Å². The molecule has 0 bridgehead atoms. The Balaban J connectivity index is 1.59. The SMILES string of the molecule is c1ccc(CN2CC[C@H]3CCNC[C@@H]3C2)cc1. The van der Waals surface area contributed by atoms with Crippen molar-refractivity contribution in [1.82, 2.24) is 10.2 Å². The molecule has 0 spiro atoms. The summed E-state index contributed by atoms with van der Waals surface area (Å²) in [5.74, 6) is 1.88. The summed E-state index contributed by atoms with van der Waals surface area (Å²) in [5.41, 5.74) is 1.45. The van der Waals surface area contributed by atoms with Gasteiger partial charge >= 0.3 is 0 Å². The molecule has 3 rings (SSSR count). The van der Waals surface area contributed by atoms with Crippen LogP contribution in [-0.2, 0) is 6.54 Å². The Hall–Kier alpha value is -0.860. The summed E-state index contributed by atoms with van der Waals surface area (Å²) >= 11 is 0. The Morgan fingerprint density at radius 3 is 2.88 bits per heavy atom. The van der Waals surface area contributed by atoms with Gasteiger partial charge in [-0.15, -0.1) is 0 Å². The van der Waals surface area contributed by atoms with Crippen LogP contribution in [0.15, 0.2) is 30.3 Å². The molecule has 2 saturated heterocycles. The second kappa shape index (κ2) is 5.19. The number of likely N-dealkylation sites (tertiary alicyclic amines) is 1. The highest BCUT2D eigenvalue weighted by Gasteiger charge is 2.30. The van der Waals surface area contributed by atoms with E-state index in [-0.39, 0.29) is 0 Å². The Labute approximate surface area is 104 Å². The first-order chi connectivity index (χ1) is 8.42. The average Bonchev–Trinajstić information content (AvgIpc) is 2.40.